The maximum Gasteiger partial charge on any atom is 0.0469 e. The molecule has 0 aliphatic heterocycles. The van der Waals surface area contributed by atoms with Crippen LogP contribution >= 0.6 is 0 Å². The maximum atomic E-state index is 5.67. The lowest BCUT2D eigenvalue weighted by atomic mass is 9.64. The second-order valence-electron chi connectivity index (χ2n) is 4.34. The summed E-state index contributed by atoms with van der Waals surface area (Å²) in [5.41, 5.74) is 8.37. The summed E-state index contributed by atoms with van der Waals surface area (Å²) in [4.78, 5) is 4.63. The van der Waals surface area contributed by atoms with Gasteiger partial charge >= 0.3 is 0 Å². The van der Waals surface area contributed by atoms with E-state index >= 15 is 0 Å². The SMILES string of the molecule is Cc1cccc(C2(CCN)CCC2)n1. The van der Waals surface area contributed by atoms with Crippen LogP contribution in [-0.2, 0) is 5.41 Å². The summed E-state index contributed by atoms with van der Waals surface area (Å²) >= 11 is 0. The fraction of sp³-hybridized carbons (Fsp3) is 0.583. The number of aromatic nitrogens is 1. The molecule has 0 saturated heterocycles. The average Bonchev–Trinajstić information content (AvgIpc) is 2.11. The summed E-state index contributed by atoms with van der Waals surface area (Å²) in [7, 11) is 0. The van der Waals surface area contributed by atoms with Crippen LogP contribution in [0.25, 0.3) is 0 Å². The first kappa shape index (κ1) is 9.66. The molecule has 0 unspecified atom stereocenters. The van der Waals surface area contributed by atoms with E-state index in [1.54, 1.807) is 0 Å². The molecule has 1 aliphatic carbocycles. The fourth-order valence-electron chi connectivity index (χ4n) is 2.35. The normalized spacial score (nSPS) is 19.0. The zero-order chi connectivity index (χ0) is 10.0. The molecule has 1 aromatic heterocycles. The van der Waals surface area contributed by atoms with Crippen molar-refractivity contribution in [3.8, 4) is 0 Å². The zero-order valence-corrected chi connectivity index (χ0v) is 8.79. The number of rotatable bonds is 3. The Balaban J connectivity index is 2.27. The number of nitrogens with zero attached hydrogens (tertiary/aromatic N) is 1. The van der Waals surface area contributed by atoms with Crippen molar-refractivity contribution in [1.82, 2.24) is 4.98 Å². The Hall–Kier alpha value is -0.890. The van der Waals surface area contributed by atoms with Crippen LogP contribution in [0.2, 0.25) is 0 Å². The van der Waals surface area contributed by atoms with E-state index in [9.17, 15) is 0 Å². The lowest BCUT2D eigenvalue weighted by Gasteiger charge is -2.41. The van der Waals surface area contributed by atoms with Crippen molar-refractivity contribution in [1.29, 1.82) is 0 Å². The van der Waals surface area contributed by atoms with E-state index in [0.717, 1.165) is 18.7 Å². The van der Waals surface area contributed by atoms with Crippen LogP contribution in [0.1, 0.15) is 37.1 Å². The molecule has 0 atom stereocenters. The molecule has 2 rings (SSSR count). The molecule has 1 fully saturated rings. The van der Waals surface area contributed by atoms with Crippen molar-refractivity contribution in [3.05, 3.63) is 29.6 Å². The van der Waals surface area contributed by atoms with E-state index < -0.39 is 0 Å². The van der Waals surface area contributed by atoms with E-state index in [0.29, 0.717) is 5.41 Å². The van der Waals surface area contributed by atoms with Crippen LogP contribution in [0.5, 0.6) is 0 Å². The molecule has 1 aromatic rings. The van der Waals surface area contributed by atoms with Crippen molar-refractivity contribution in [2.75, 3.05) is 6.54 Å². The van der Waals surface area contributed by atoms with Gasteiger partial charge in [0.25, 0.3) is 0 Å². The molecular weight excluding hydrogens is 172 g/mol. The largest absolute Gasteiger partial charge is 0.330 e. The molecule has 0 bridgehead atoms. The third-order valence-electron chi connectivity index (χ3n) is 3.37. The number of hydrogen-bond donors (Lipinski definition) is 1. The summed E-state index contributed by atoms with van der Waals surface area (Å²) in [5.74, 6) is 0. The summed E-state index contributed by atoms with van der Waals surface area (Å²) in [6.07, 6.45) is 4.94. The molecule has 2 N–H and O–H groups in total. The van der Waals surface area contributed by atoms with Crippen LogP contribution in [0.15, 0.2) is 18.2 Å². The predicted octanol–water partition coefficient (Wildman–Crippen LogP) is 2.16. The van der Waals surface area contributed by atoms with Gasteiger partial charge in [0.15, 0.2) is 0 Å². The second kappa shape index (κ2) is 3.70. The molecule has 1 saturated carbocycles. The van der Waals surface area contributed by atoms with Gasteiger partial charge in [0, 0.05) is 16.8 Å². The molecule has 2 nitrogen and oxygen atoms in total. The van der Waals surface area contributed by atoms with Gasteiger partial charge in [0.1, 0.15) is 0 Å². The monoisotopic (exact) mass is 190 g/mol. The smallest absolute Gasteiger partial charge is 0.0469 e. The minimum atomic E-state index is 0.320. The van der Waals surface area contributed by atoms with Crippen LogP contribution < -0.4 is 5.73 Å². The minimum absolute atomic E-state index is 0.320. The average molecular weight is 190 g/mol. The highest BCUT2D eigenvalue weighted by molar-refractivity contribution is 5.22. The minimum Gasteiger partial charge on any atom is -0.330 e. The molecule has 14 heavy (non-hydrogen) atoms. The lowest BCUT2D eigenvalue weighted by molar-refractivity contribution is 0.222. The Morgan fingerprint density at radius 3 is 2.71 bits per heavy atom. The lowest BCUT2D eigenvalue weighted by Crippen LogP contribution is -2.37. The zero-order valence-electron chi connectivity index (χ0n) is 8.79. The van der Waals surface area contributed by atoms with E-state index in [2.05, 4.69) is 30.1 Å². The first-order valence-electron chi connectivity index (χ1n) is 5.41. The van der Waals surface area contributed by atoms with Crippen LogP contribution in [0, 0.1) is 6.92 Å². The van der Waals surface area contributed by atoms with Crippen molar-refractivity contribution >= 4 is 0 Å². The van der Waals surface area contributed by atoms with Gasteiger partial charge in [-0.2, -0.15) is 0 Å². The van der Waals surface area contributed by atoms with Crippen molar-refractivity contribution in [2.45, 2.75) is 38.0 Å². The standard InChI is InChI=1S/C12H18N2/c1-10-4-2-5-11(14-10)12(8-9-13)6-3-7-12/h2,4-5H,3,6-9,13H2,1H3. The summed E-state index contributed by atoms with van der Waals surface area (Å²) < 4.78 is 0. The Bertz CT molecular complexity index is 316. The fourth-order valence-corrected chi connectivity index (χ4v) is 2.35. The molecule has 2 heteroatoms. The molecule has 0 radical (unpaired) electrons. The third-order valence-corrected chi connectivity index (χ3v) is 3.37. The van der Waals surface area contributed by atoms with E-state index in [-0.39, 0.29) is 0 Å². The molecule has 76 valence electrons. The Kier molecular flexibility index (Phi) is 2.55. The topological polar surface area (TPSA) is 38.9 Å². The number of hydrogen-bond acceptors (Lipinski definition) is 2. The Morgan fingerprint density at radius 2 is 2.21 bits per heavy atom. The maximum absolute atomic E-state index is 5.67. The third kappa shape index (κ3) is 1.55. The van der Waals surface area contributed by atoms with E-state index in [1.165, 1.54) is 25.0 Å². The van der Waals surface area contributed by atoms with E-state index in [4.69, 9.17) is 5.73 Å². The van der Waals surface area contributed by atoms with Gasteiger partial charge in [-0.05, 0) is 44.9 Å². The number of pyridine rings is 1. The second-order valence-corrected chi connectivity index (χ2v) is 4.34. The molecule has 0 amide bonds. The highest BCUT2D eigenvalue weighted by Crippen LogP contribution is 2.45. The molecule has 1 aliphatic rings. The van der Waals surface area contributed by atoms with Crippen LogP contribution in [0.3, 0.4) is 0 Å². The molecular formula is C12H18N2. The summed E-state index contributed by atoms with van der Waals surface area (Å²) in [6.45, 7) is 2.83. The van der Waals surface area contributed by atoms with Crippen molar-refractivity contribution < 1.29 is 0 Å². The quantitative estimate of drug-likeness (QED) is 0.793. The van der Waals surface area contributed by atoms with Crippen molar-refractivity contribution in [3.63, 3.8) is 0 Å². The van der Waals surface area contributed by atoms with Gasteiger partial charge in [0.05, 0.1) is 0 Å². The Labute approximate surface area is 85.5 Å². The molecule has 1 heterocycles. The number of nitrogens with two attached hydrogens (primary N) is 1. The van der Waals surface area contributed by atoms with Crippen LogP contribution in [0.4, 0.5) is 0 Å². The highest BCUT2D eigenvalue weighted by Gasteiger charge is 2.38. The van der Waals surface area contributed by atoms with Gasteiger partial charge in [-0.25, -0.2) is 0 Å². The first-order valence-corrected chi connectivity index (χ1v) is 5.41. The highest BCUT2D eigenvalue weighted by atomic mass is 14.7. The Morgan fingerprint density at radius 1 is 1.43 bits per heavy atom. The summed E-state index contributed by atoms with van der Waals surface area (Å²) in [5, 5.41) is 0. The molecule has 0 aromatic carbocycles. The molecule has 0 spiro atoms. The van der Waals surface area contributed by atoms with Gasteiger partial charge in [-0.15, -0.1) is 0 Å². The predicted molar refractivity (Wildman–Crippen MR) is 58.2 cm³/mol. The first-order chi connectivity index (χ1) is 6.77. The summed E-state index contributed by atoms with van der Waals surface area (Å²) in [6, 6.07) is 6.31. The van der Waals surface area contributed by atoms with Crippen LogP contribution in [-0.4, -0.2) is 11.5 Å². The number of aryl methyl sites for hydroxylation is 1. The van der Waals surface area contributed by atoms with Gasteiger partial charge in [0.2, 0.25) is 0 Å². The van der Waals surface area contributed by atoms with Gasteiger partial charge in [-0.1, -0.05) is 12.5 Å². The van der Waals surface area contributed by atoms with Crippen molar-refractivity contribution in [2.24, 2.45) is 5.73 Å². The van der Waals surface area contributed by atoms with Gasteiger partial charge in [-0.3, -0.25) is 4.98 Å². The van der Waals surface area contributed by atoms with Gasteiger partial charge < -0.3 is 5.73 Å². The van der Waals surface area contributed by atoms with E-state index in [1.807, 2.05) is 0 Å².